The molecule has 0 spiro atoms. The van der Waals surface area contributed by atoms with Crippen LogP contribution >= 0.6 is 15.8 Å². The fraction of sp³-hybridized carbons (Fsp3) is 0.667. The lowest BCUT2D eigenvalue weighted by atomic mass is 9.76. The Kier molecular flexibility index (Phi) is 15.0. The topological polar surface area (TPSA) is 0 Å². The predicted octanol–water partition coefficient (Wildman–Crippen LogP) is 9.48. The maximum Gasteiger partial charge on any atom is -0.00502 e. The second-order valence-electron chi connectivity index (χ2n) is 9.63. The Morgan fingerprint density at radius 1 is 0.531 bits per heavy atom. The van der Waals surface area contributed by atoms with E-state index in [0.717, 1.165) is 0 Å². The SMILES string of the molecule is CCCCP(CCCC)[C@H](C)[C]1[CH][CH][CH][C]1[C]1[CH][CH][CH][C]1[C@@H](C)P(CCCC)CCCC. The molecule has 0 saturated heterocycles. The van der Waals surface area contributed by atoms with Gasteiger partial charge in [0.15, 0.2) is 0 Å². The van der Waals surface area contributed by atoms with Crippen molar-refractivity contribution < 1.29 is 0 Å². The van der Waals surface area contributed by atoms with Gasteiger partial charge in [-0.3, -0.25) is 0 Å². The molecule has 0 nitrogen and oxygen atoms in total. The summed E-state index contributed by atoms with van der Waals surface area (Å²) in [5.74, 6) is 6.36. The van der Waals surface area contributed by atoms with Gasteiger partial charge in [0, 0.05) is 0 Å². The van der Waals surface area contributed by atoms with Gasteiger partial charge in [-0.2, -0.15) is 0 Å². The van der Waals surface area contributed by atoms with Crippen molar-refractivity contribution in [2.24, 2.45) is 0 Å². The lowest BCUT2D eigenvalue weighted by Gasteiger charge is -2.39. The minimum absolute atomic E-state index is 0.0743. The first-order valence-electron chi connectivity index (χ1n) is 13.6. The van der Waals surface area contributed by atoms with Gasteiger partial charge < -0.3 is 0 Å². The van der Waals surface area contributed by atoms with Crippen molar-refractivity contribution in [1.29, 1.82) is 0 Å². The number of unbranched alkanes of at least 4 members (excludes halogenated alkanes) is 4. The molecule has 2 aliphatic carbocycles. The van der Waals surface area contributed by atoms with Gasteiger partial charge in [0.25, 0.3) is 0 Å². The lowest BCUT2D eigenvalue weighted by Crippen LogP contribution is -2.28. The molecule has 2 heteroatoms. The van der Waals surface area contributed by atoms with E-state index in [0.29, 0.717) is 11.3 Å². The summed E-state index contributed by atoms with van der Waals surface area (Å²) in [4.78, 5) is 0. The van der Waals surface area contributed by atoms with Crippen molar-refractivity contribution in [3.8, 4) is 0 Å². The van der Waals surface area contributed by atoms with Crippen molar-refractivity contribution in [2.75, 3.05) is 24.6 Å². The molecule has 0 unspecified atom stereocenters. The van der Waals surface area contributed by atoms with Crippen LogP contribution in [0.5, 0.6) is 0 Å². The second-order valence-corrected chi connectivity index (χ2v) is 15.3. The minimum Gasteiger partial charge on any atom is -0.103 e. The van der Waals surface area contributed by atoms with E-state index in [2.05, 4.69) is 80.1 Å². The van der Waals surface area contributed by atoms with Crippen molar-refractivity contribution in [2.45, 2.75) is 104 Å². The van der Waals surface area contributed by atoms with E-state index in [9.17, 15) is 0 Å². The standard InChI is InChI=1S/C30H50P2/c1-7-11-21-31(22-12-8-2)25(5)27-17-15-19-29(27)30-20-16-18-28(30)26(6)32(23-13-9-3)24-14-10-4/h15-20,25-26H,7-14,21-24H2,1-6H3/t25-,26-/m1/s1. The average Bonchev–Trinajstić information content (AvgIpc) is 3.48. The molecule has 0 N–H and O–H groups in total. The Hall–Kier alpha value is 0.860. The van der Waals surface area contributed by atoms with E-state index in [1.165, 1.54) is 76.0 Å². The first-order chi connectivity index (χ1) is 15.6. The van der Waals surface area contributed by atoms with Crippen molar-refractivity contribution in [3.63, 3.8) is 0 Å². The lowest BCUT2D eigenvalue weighted by molar-refractivity contribution is 0.820. The summed E-state index contributed by atoms with van der Waals surface area (Å²) >= 11 is 0. The van der Waals surface area contributed by atoms with E-state index in [1.807, 2.05) is 0 Å². The van der Waals surface area contributed by atoms with Crippen LogP contribution in [0.4, 0.5) is 0 Å². The smallest absolute Gasteiger partial charge is 0.00502 e. The van der Waals surface area contributed by atoms with Gasteiger partial charge in [-0.25, -0.2) is 0 Å². The maximum atomic E-state index is 2.54. The van der Waals surface area contributed by atoms with Crippen LogP contribution in [0.25, 0.3) is 0 Å². The van der Waals surface area contributed by atoms with Gasteiger partial charge in [0.2, 0.25) is 0 Å². The fourth-order valence-corrected chi connectivity index (χ4v) is 11.0. The van der Waals surface area contributed by atoms with Gasteiger partial charge in [0.05, 0.1) is 0 Å². The zero-order valence-electron chi connectivity index (χ0n) is 22.0. The largest absolute Gasteiger partial charge is 0.103 e. The molecule has 180 valence electrons. The molecule has 0 bridgehead atoms. The van der Waals surface area contributed by atoms with Crippen LogP contribution in [-0.2, 0) is 0 Å². The third-order valence-corrected chi connectivity index (χ3v) is 13.5. The zero-order chi connectivity index (χ0) is 23.3. The fourth-order valence-electron chi connectivity index (χ4n) is 4.92. The quantitative estimate of drug-likeness (QED) is 0.185. The van der Waals surface area contributed by atoms with Gasteiger partial charge in [-0.05, 0) is 124 Å². The number of hydrogen-bond acceptors (Lipinski definition) is 0. The molecule has 2 aliphatic rings. The third-order valence-electron chi connectivity index (χ3n) is 7.18. The Balaban J connectivity index is 2.09. The Morgan fingerprint density at radius 2 is 0.844 bits per heavy atom. The Morgan fingerprint density at radius 3 is 1.12 bits per heavy atom. The molecule has 0 heterocycles. The molecule has 32 heavy (non-hydrogen) atoms. The minimum atomic E-state index is 0.0743. The van der Waals surface area contributed by atoms with Gasteiger partial charge in [-0.15, -0.1) is 15.8 Å². The molecule has 0 aromatic rings. The van der Waals surface area contributed by atoms with Crippen LogP contribution in [0.3, 0.4) is 0 Å². The second kappa shape index (κ2) is 16.5. The molecule has 2 fully saturated rings. The number of hydrogen-bond donors (Lipinski definition) is 0. The van der Waals surface area contributed by atoms with Crippen molar-refractivity contribution in [3.05, 3.63) is 62.2 Å². The number of rotatable bonds is 17. The predicted molar refractivity (Wildman–Crippen MR) is 151 cm³/mol. The summed E-state index contributed by atoms with van der Waals surface area (Å²) in [5, 5.41) is 0. The molecule has 2 atom stereocenters. The highest BCUT2D eigenvalue weighted by atomic mass is 31.1. The molecule has 0 amide bonds. The molecular weight excluding hydrogens is 422 g/mol. The highest BCUT2D eigenvalue weighted by Crippen LogP contribution is 2.60. The summed E-state index contributed by atoms with van der Waals surface area (Å²) in [6.45, 7) is 14.5. The Labute approximate surface area is 206 Å². The van der Waals surface area contributed by atoms with Gasteiger partial charge in [-0.1, -0.05) is 67.2 Å². The summed E-state index contributed by atoms with van der Waals surface area (Å²) in [7, 11) is 0.149. The molecule has 0 aliphatic heterocycles. The van der Waals surface area contributed by atoms with Crippen LogP contribution in [0.2, 0.25) is 0 Å². The monoisotopic (exact) mass is 472 g/mol. The van der Waals surface area contributed by atoms with E-state index in [-0.39, 0.29) is 15.8 Å². The van der Waals surface area contributed by atoms with E-state index < -0.39 is 0 Å². The van der Waals surface area contributed by atoms with E-state index >= 15 is 0 Å². The molecule has 0 aromatic heterocycles. The van der Waals surface area contributed by atoms with Crippen LogP contribution < -0.4 is 0 Å². The van der Waals surface area contributed by atoms with Crippen LogP contribution in [0, 0.1) is 62.2 Å². The average molecular weight is 473 g/mol. The van der Waals surface area contributed by atoms with E-state index in [4.69, 9.17) is 0 Å². The molecule has 2 saturated carbocycles. The normalized spacial score (nSPS) is 21.4. The molecule has 0 aromatic carbocycles. The first-order valence-corrected chi connectivity index (χ1v) is 17.1. The summed E-state index contributed by atoms with van der Waals surface area (Å²) < 4.78 is 0. The van der Waals surface area contributed by atoms with Crippen LogP contribution in [0.1, 0.15) is 92.9 Å². The molecule has 10 radical (unpaired) electrons. The zero-order valence-corrected chi connectivity index (χ0v) is 23.8. The van der Waals surface area contributed by atoms with E-state index in [1.54, 1.807) is 23.7 Å². The summed E-state index contributed by atoms with van der Waals surface area (Å²) in [6, 6.07) is 0. The summed E-state index contributed by atoms with van der Waals surface area (Å²) in [5.41, 5.74) is 1.43. The maximum absolute atomic E-state index is 2.54. The Bertz CT molecular complexity index is 406. The highest BCUT2D eigenvalue weighted by Gasteiger charge is 2.47. The van der Waals surface area contributed by atoms with Crippen molar-refractivity contribution >= 4 is 15.8 Å². The van der Waals surface area contributed by atoms with Crippen LogP contribution in [-0.4, -0.2) is 36.0 Å². The summed E-state index contributed by atoms with van der Waals surface area (Å²) in [6.07, 6.45) is 31.1. The van der Waals surface area contributed by atoms with Crippen LogP contribution in [0.15, 0.2) is 0 Å². The third kappa shape index (κ3) is 8.51. The van der Waals surface area contributed by atoms with Gasteiger partial charge in [0.1, 0.15) is 0 Å². The highest BCUT2D eigenvalue weighted by molar-refractivity contribution is 7.58. The first kappa shape index (κ1) is 29.1. The van der Waals surface area contributed by atoms with Gasteiger partial charge >= 0.3 is 0 Å². The van der Waals surface area contributed by atoms with Crippen molar-refractivity contribution in [1.82, 2.24) is 0 Å². The molecular formula is C30H50P2. The molecule has 2 rings (SSSR count).